The summed E-state index contributed by atoms with van der Waals surface area (Å²) in [6.45, 7) is 9.68. The number of aromatic nitrogens is 1. The summed E-state index contributed by atoms with van der Waals surface area (Å²) in [6.07, 6.45) is 0.937. The average molecular weight is 236 g/mol. The van der Waals surface area contributed by atoms with E-state index in [1.54, 1.807) is 0 Å². The van der Waals surface area contributed by atoms with E-state index < -0.39 is 0 Å². The first-order chi connectivity index (χ1) is 7.95. The van der Waals surface area contributed by atoms with E-state index >= 15 is 0 Å². The van der Waals surface area contributed by atoms with E-state index in [1.807, 2.05) is 16.7 Å². The van der Waals surface area contributed by atoms with Crippen molar-refractivity contribution in [3.8, 4) is 0 Å². The third kappa shape index (κ3) is 3.70. The molecule has 0 aliphatic heterocycles. The maximum atomic E-state index is 12.2. The third-order valence-electron chi connectivity index (χ3n) is 2.73. The molecule has 0 spiro atoms. The molecule has 0 aliphatic carbocycles. The Kier molecular flexibility index (Phi) is 4.94. The van der Waals surface area contributed by atoms with Crippen molar-refractivity contribution >= 4 is 0 Å². The van der Waals surface area contributed by atoms with Crippen LogP contribution in [0, 0.1) is 11.8 Å². The molecule has 0 atom stereocenters. The van der Waals surface area contributed by atoms with Crippen LogP contribution in [0.5, 0.6) is 0 Å². The third-order valence-corrected chi connectivity index (χ3v) is 2.73. The number of hydrogen-bond acceptors (Lipinski definition) is 2. The van der Waals surface area contributed by atoms with Crippen molar-refractivity contribution in [2.24, 2.45) is 17.6 Å². The van der Waals surface area contributed by atoms with Crippen LogP contribution in [-0.4, -0.2) is 4.57 Å². The molecule has 1 heterocycles. The van der Waals surface area contributed by atoms with Crippen molar-refractivity contribution in [1.82, 2.24) is 4.57 Å². The van der Waals surface area contributed by atoms with Gasteiger partial charge in [0.2, 0.25) is 0 Å². The van der Waals surface area contributed by atoms with Gasteiger partial charge in [-0.3, -0.25) is 4.79 Å². The Balaban J connectivity index is 3.20. The number of nitrogens with two attached hydrogens (primary N) is 1. The fraction of sp³-hybridized carbons (Fsp3) is 0.643. The summed E-state index contributed by atoms with van der Waals surface area (Å²) in [7, 11) is 0. The normalized spacial score (nSPS) is 11.5. The summed E-state index contributed by atoms with van der Waals surface area (Å²) < 4.78 is 1.90. The lowest BCUT2D eigenvalue weighted by Gasteiger charge is -2.17. The monoisotopic (exact) mass is 236 g/mol. The molecule has 2 N–H and O–H groups in total. The quantitative estimate of drug-likeness (QED) is 0.851. The number of rotatable bonds is 5. The van der Waals surface area contributed by atoms with E-state index in [4.69, 9.17) is 5.73 Å². The molecular formula is C14H24N2O. The van der Waals surface area contributed by atoms with Gasteiger partial charge in [0.1, 0.15) is 0 Å². The van der Waals surface area contributed by atoms with Gasteiger partial charge in [-0.25, -0.2) is 0 Å². The number of hydrogen-bond donors (Lipinski definition) is 1. The van der Waals surface area contributed by atoms with Crippen LogP contribution in [0.2, 0.25) is 0 Å². The molecule has 1 rings (SSSR count). The molecule has 0 fully saturated rings. The minimum atomic E-state index is 0.0827. The molecule has 0 aromatic carbocycles. The van der Waals surface area contributed by atoms with Crippen molar-refractivity contribution < 1.29 is 0 Å². The molecule has 0 saturated carbocycles. The molecule has 0 amide bonds. The van der Waals surface area contributed by atoms with Crippen LogP contribution in [0.25, 0.3) is 0 Å². The first-order valence-corrected chi connectivity index (χ1v) is 6.37. The maximum absolute atomic E-state index is 12.2. The summed E-state index contributed by atoms with van der Waals surface area (Å²) in [4.78, 5) is 12.2. The van der Waals surface area contributed by atoms with E-state index in [-0.39, 0.29) is 5.56 Å². The molecule has 0 saturated heterocycles. The first-order valence-electron chi connectivity index (χ1n) is 6.37. The van der Waals surface area contributed by atoms with Crippen molar-refractivity contribution in [3.05, 3.63) is 33.7 Å². The SMILES string of the molecule is CC(C)Cc1ccc(CN)c(=O)n1CC(C)C. The zero-order valence-electron chi connectivity index (χ0n) is 11.4. The molecule has 0 aliphatic rings. The van der Waals surface area contributed by atoms with Crippen LogP contribution in [0.15, 0.2) is 16.9 Å². The fourth-order valence-electron chi connectivity index (χ4n) is 1.98. The molecule has 0 radical (unpaired) electrons. The number of pyridine rings is 1. The molecule has 1 aromatic rings. The molecule has 17 heavy (non-hydrogen) atoms. The molecule has 0 bridgehead atoms. The van der Waals surface area contributed by atoms with Crippen LogP contribution in [0.1, 0.15) is 39.0 Å². The van der Waals surface area contributed by atoms with Gasteiger partial charge in [0.15, 0.2) is 0 Å². The molecule has 3 heteroatoms. The van der Waals surface area contributed by atoms with E-state index in [1.165, 1.54) is 0 Å². The summed E-state index contributed by atoms with van der Waals surface area (Å²) in [5.74, 6) is 1.02. The predicted octanol–water partition coefficient (Wildman–Crippen LogP) is 2.16. The Morgan fingerprint density at radius 3 is 2.29 bits per heavy atom. The van der Waals surface area contributed by atoms with Gasteiger partial charge < -0.3 is 10.3 Å². The topological polar surface area (TPSA) is 48.0 Å². The Labute approximate surface area is 104 Å². The molecule has 3 nitrogen and oxygen atoms in total. The van der Waals surface area contributed by atoms with Crippen LogP contribution in [0.3, 0.4) is 0 Å². The average Bonchev–Trinajstić information content (AvgIpc) is 2.22. The Bertz CT molecular complexity index is 419. The molecule has 1 aromatic heterocycles. The lowest BCUT2D eigenvalue weighted by molar-refractivity contribution is 0.479. The van der Waals surface area contributed by atoms with Crippen LogP contribution < -0.4 is 11.3 Å². The lowest BCUT2D eigenvalue weighted by atomic mass is 10.1. The molecule has 0 unspecified atom stereocenters. The zero-order chi connectivity index (χ0) is 13.0. The van der Waals surface area contributed by atoms with E-state index in [9.17, 15) is 4.79 Å². The lowest BCUT2D eigenvalue weighted by Crippen LogP contribution is -2.30. The van der Waals surface area contributed by atoms with Gasteiger partial charge in [0, 0.05) is 24.3 Å². The largest absolute Gasteiger partial charge is 0.326 e. The van der Waals surface area contributed by atoms with Gasteiger partial charge >= 0.3 is 0 Å². The highest BCUT2D eigenvalue weighted by Gasteiger charge is 2.10. The van der Waals surface area contributed by atoms with Gasteiger partial charge in [-0.2, -0.15) is 0 Å². The fourth-order valence-corrected chi connectivity index (χ4v) is 1.98. The minimum absolute atomic E-state index is 0.0827. The second-order valence-electron chi connectivity index (χ2n) is 5.46. The van der Waals surface area contributed by atoms with Gasteiger partial charge in [-0.05, 0) is 24.3 Å². The summed E-state index contributed by atoms with van der Waals surface area (Å²) in [5.41, 5.74) is 7.50. The van der Waals surface area contributed by atoms with Crippen LogP contribution >= 0.6 is 0 Å². The van der Waals surface area contributed by atoms with Crippen molar-refractivity contribution in [1.29, 1.82) is 0 Å². The standard InChI is InChI=1S/C14H24N2O/c1-10(2)7-13-6-5-12(8-15)14(17)16(13)9-11(3)4/h5-6,10-11H,7-9,15H2,1-4H3. The Morgan fingerprint density at radius 2 is 1.82 bits per heavy atom. The highest BCUT2D eigenvalue weighted by atomic mass is 16.1. The van der Waals surface area contributed by atoms with Crippen molar-refractivity contribution in [3.63, 3.8) is 0 Å². The van der Waals surface area contributed by atoms with E-state index in [2.05, 4.69) is 27.7 Å². The van der Waals surface area contributed by atoms with Crippen molar-refractivity contribution in [2.75, 3.05) is 0 Å². The summed E-state index contributed by atoms with van der Waals surface area (Å²) >= 11 is 0. The van der Waals surface area contributed by atoms with Crippen molar-refractivity contribution in [2.45, 2.75) is 47.2 Å². The Hall–Kier alpha value is -1.09. The second kappa shape index (κ2) is 6.01. The van der Waals surface area contributed by atoms with Gasteiger partial charge in [-0.1, -0.05) is 33.8 Å². The van der Waals surface area contributed by atoms with Gasteiger partial charge in [-0.15, -0.1) is 0 Å². The smallest absolute Gasteiger partial charge is 0.255 e. The summed E-state index contributed by atoms with van der Waals surface area (Å²) in [5, 5.41) is 0. The summed E-state index contributed by atoms with van der Waals surface area (Å²) in [6, 6.07) is 3.92. The van der Waals surface area contributed by atoms with Gasteiger partial charge in [0.25, 0.3) is 5.56 Å². The highest BCUT2D eigenvalue weighted by molar-refractivity contribution is 5.16. The van der Waals surface area contributed by atoms with E-state index in [0.29, 0.717) is 23.9 Å². The van der Waals surface area contributed by atoms with E-state index in [0.717, 1.165) is 18.7 Å². The first kappa shape index (κ1) is 14.0. The second-order valence-corrected chi connectivity index (χ2v) is 5.46. The molecular weight excluding hydrogens is 212 g/mol. The number of nitrogens with zero attached hydrogens (tertiary/aromatic N) is 1. The van der Waals surface area contributed by atoms with Crippen LogP contribution in [-0.2, 0) is 19.5 Å². The van der Waals surface area contributed by atoms with Crippen LogP contribution in [0.4, 0.5) is 0 Å². The Morgan fingerprint density at radius 1 is 1.18 bits per heavy atom. The molecule has 96 valence electrons. The minimum Gasteiger partial charge on any atom is -0.326 e. The predicted molar refractivity (Wildman–Crippen MR) is 72.0 cm³/mol. The zero-order valence-corrected chi connectivity index (χ0v) is 11.4. The van der Waals surface area contributed by atoms with Gasteiger partial charge in [0.05, 0.1) is 0 Å². The highest BCUT2D eigenvalue weighted by Crippen LogP contribution is 2.09. The maximum Gasteiger partial charge on any atom is 0.255 e.